The van der Waals surface area contributed by atoms with Gasteiger partial charge in [-0.3, -0.25) is 0 Å². The maximum atomic E-state index is 11.9. The van der Waals surface area contributed by atoms with Crippen molar-refractivity contribution in [2.75, 3.05) is 16.4 Å². The number of halogens is 2. The van der Waals surface area contributed by atoms with Gasteiger partial charge in [0.05, 0.1) is 5.69 Å². The van der Waals surface area contributed by atoms with Gasteiger partial charge in [-0.15, -0.1) is 0 Å². The number of aryl methyl sites for hydroxylation is 1. The van der Waals surface area contributed by atoms with Crippen molar-refractivity contribution in [2.45, 2.75) is 6.92 Å². The van der Waals surface area contributed by atoms with Crippen LogP contribution in [0.25, 0.3) is 0 Å². The number of nitrogen functional groups attached to an aromatic ring is 1. The molecule has 0 saturated heterocycles. The first-order chi connectivity index (χ1) is 9.45. The topological polar surface area (TPSA) is 67.2 Å². The highest BCUT2D eigenvalue weighted by Crippen LogP contribution is 2.29. The van der Waals surface area contributed by atoms with E-state index in [0.717, 1.165) is 10.0 Å². The van der Waals surface area contributed by atoms with Gasteiger partial charge in [0.25, 0.3) is 0 Å². The van der Waals surface area contributed by atoms with Gasteiger partial charge in [0.15, 0.2) is 0 Å². The first-order valence-corrected chi connectivity index (χ1v) is 7.02. The Kier molecular flexibility index (Phi) is 4.52. The molecular weight excluding hydrogens is 342 g/mol. The molecular formula is C14H13BrClN3O. The number of nitrogens with two attached hydrogens (primary N) is 1. The van der Waals surface area contributed by atoms with E-state index >= 15 is 0 Å². The molecule has 6 heteroatoms. The zero-order valence-corrected chi connectivity index (χ0v) is 13.0. The molecule has 20 heavy (non-hydrogen) atoms. The number of anilines is 3. The Balaban J connectivity index is 2.08. The van der Waals surface area contributed by atoms with Crippen molar-refractivity contribution in [2.24, 2.45) is 0 Å². The van der Waals surface area contributed by atoms with E-state index in [0.29, 0.717) is 22.1 Å². The number of benzene rings is 2. The SMILES string of the molecule is Cc1cc(Br)c(NC(=O)Nc2ccc(N)cc2)cc1Cl. The van der Waals surface area contributed by atoms with Crippen LogP contribution >= 0.6 is 27.5 Å². The predicted octanol–water partition coefficient (Wildman–Crippen LogP) is 4.64. The van der Waals surface area contributed by atoms with Gasteiger partial charge in [-0.25, -0.2) is 4.79 Å². The number of nitrogens with one attached hydrogen (secondary N) is 2. The van der Waals surface area contributed by atoms with E-state index in [1.807, 2.05) is 13.0 Å². The fourth-order valence-electron chi connectivity index (χ4n) is 1.59. The molecule has 0 bridgehead atoms. The Morgan fingerprint density at radius 1 is 1.20 bits per heavy atom. The van der Waals surface area contributed by atoms with Crippen LogP contribution in [0.2, 0.25) is 5.02 Å². The standard InChI is InChI=1S/C14H13BrClN3O/c1-8-6-11(15)13(7-12(8)16)19-14(20)18-10-4-2-9(17)3-5-10/h2-7H,17H2,1H3,(H2,18,19,20). The monoisotopic (exact) mass is 353 g/mol. The highest BCUT2D eigenvalue weighted by Gasteiger charge is 2.08. The molecule has 0 spiro atoms. The summed E-state index contributed by atoms with van der Waals surface area (Å²) in [6, 6.07) is 10.1. The number of urea groups is 1. The van der Waals surface area contributed by atoms with Crippen LogP contribution in [0.1, 0.15) is 5.56 Å². The maximum Gasteiger partial charge on any atom is 0.323 e. The van der Waals surface area contributed by atoms with Crippen molar-refractivity contribution in [1.29, 1.82) is 0 Å². The van der Waals surface area contributed by atoms with Gasteiger partial charge in [0.1, 0.15) is 0 Å². The van der Waals surface area contributed by atoms with Gasteiger partial charge in [0.2, 0.25) is 0 Å². The number of hydrogen-bond donors (Lipinski definition) is 3. The first kappa shape index (κ1) is 14.7. The fourth-order valence-corrected chi connectivity index (χ4v) is 2.31. The summed E-state index contributed by atoms with van der Waals surface area (Å²) >= 11 is 9.43. The quantitative estimate of drug-likeness (QED) is 0.688. The van der Waals surface area contributed by atoms with Crippen molar-refractivity contribution < 1.29 is 4.79 Å². The second-order valence-corrected chi connectivity index (χ2v) is 5.54. The summed E-state index contributed by atoms with van der Waals surface area (Å²) in [6.45, 7) is 1.89. The highest BCUT2D eigenvalue weighted by atomic mass is 79.9. The summed E-state index contributed by atoms with van der Waals surface area (Å²) in [5.74, 6) is 0. The van der Waals surface area contributed by atoms with Crippen LogP contribution in [0.4, 0.5) is 21.9 Å². The number of rotatable bonds is 2. The average molecular weight is 355 g/mol. The van der Waals surface area contributed by atoms with E-state index in [9.17, 15) is 4.79 Å². The van der Waals surface area contributed by atoms with E-state index in [1.54, 1.807) is 30.3 Å². The van der Waals surface area contributed by atoms with E-state index < -0.39 is 0 Å². The lowest BCUT2D eigenvalue weighted by Crippen LogP contribution is -2.19. The third-order valence-corrected chi connectivity index (χ3v) is 3.73. The van der Waals surface area contributed by atoms with E-state index in [4.69, 9.17) is 17.3 Å². The van der Waals surface area contributed by atoms with Gasteiger partial charge < -0.3 is 16.4 Å². The predicted molar refractivity (Wildman–Crippen MR) is 87.4 cm³/mol. The zero-order valence-electron chi connectivity index (χ0n) is 10.7. The minimum absolute atomic E-state index is 0.351. The molecule has 104 valence electrons. The fraction of sp³-hybridized carbons (Fsp3) is 0.0714. The van der Waals surface area contributed by atoms with Crippen molar-refractivity contribution in [3.05, 3.63) is 51.5 Å². The third kappa shape index (κ3) is 3.65. The lowest BCUT2D eigenvalue weighted by atomic mass is 10.2. The lowest BCUT2D eigenvalue weighted by Gasteiger charge is -2.11. The molecule has 0 aromatic heterocycles. The average Bonchev–Trinajstić information content (AvgIpc) is 2.39. The van der Waals surface area contributed by atoms with E-state index in [2.05, 4.69) is 26.6 Å². The summed E-state index contributed by atoms with van der Waals surface area (Å²) in [4.78, 5) is 11.9. The second kappa shape index (κ2) is 6.15. The molecule has 2 amide bonds. The molecule has 4 nitrogen and oxygen atoms in total. The number of amides is 2. The minimum atomic E-state index is -0.351. The lowest BCUT2D eigenvalue weighted by molar-refractivity contribution is 0.262. The van der Waals surface area contributed by atoms with Crippen LogP contribution in [-0.4, -0.2) is 6.03 Å². The number of carbonyl (C=O) groups is 1. The molecule has 0 heterocycles. The smallest absolute Gasteiger partial charge is 0.323 e. The molecule has 0 unspecified atom stereocenters. The Hall–Kier alpha value is -1.72. The third-order valence-electron chi connectivity index (χ3n) is 2.67. The second-order valence-electron chi connectivity index (χ2n) is 4.28. The molecule has 2 rings (SSSR count). The summed E-state index contributed by atoms with van der Waals surface area (Å²) in [5, 5.41) is 6.03. The van der Waals surface area contributed by atoms with Crippen molar-refractivity contribution in [1.82, 2.24) is 0 Å². The van der Waals surface area contributed by atoms with Crippen LogP contribution in [0.5, 0.6) is 0 Å². The van der Waals surface area contributed by atoms with Gasteiger partial charge in [0, 0.05) is 20.9 Å². The van der Waals surface area contributed by atoms with Gasteiger partial charge in [-0.05, 0) is 64.8 Å². The summed E-state index contributed by atoms with van der Waals surface area (Å²) < 4.78 is 0.770. The Morgan fingerprint density at radius 3 is 2.50 bits per heavy atom. The molecule has 0 saturated carbocycles. The molecule has 0 aliphatic rings. The van der Waals surface area contributed by atoms with Crippen LogP contribution in [0, 0.1) is 6.92 Å². The van der Waals surface area contributed by atoms with Gasteiger partial charge >= 0.3 is 6.03 Å². The van der Waals surface area contributed by atoms with Crippen LogP contribution in [0.15, 0.2) is 40.9 Å². The van der Waals surface area contributed by atoms with Crippen molar-refractivity contribution in [3.8, 4) is 0 Å². The molecule has 0 radical (unpaired) electrons. The van der Waals surface area contributed by atoms with E-state index in [1.165, 1.54) is 0 Å². The largest absolute Gasteiger partial charge is 0.399 e. The molecule has 2 aromatic rings. The molecule has 4 N–H and O–H groups in total. The highest BCUT2D eigenvalue weighted by molar-refractivity contribution is 9.10. The van der Waals surface area contributed by atoms with Crippen molar-refractivity contribution in [3.63, 3.8) is 0 Å². The number of hydrogen-bond acceptors (Lipinski definition) is 2. The first-order valence-electron chi connectivity index (χ1n) is 5.85. The van der Waals surface area contributed by atoms with Crippen molar-refractivity contribution >= 4 is 50.6 Å². The van der Waals surface area contributed by atoms with Crippen LogP contribution < -0.4 is 16.4 Å². The summed E-state index contributed by atoms with van der Waals surface area (Å²) in [5.41, 5.74) is 8.42. The summed E-state index contributed by atoms with van der Waals surface area (Å²) in [6.07, 6.45) is 0. The molecule has 2 aromatic carbocycles. The van der Waals surface area contributed by atoms with Gasteiger partial charge in [-0.1, -0.05) is 11.6 Å². The van der Waals surface area contributed by atoms with Crippen LogP contribution in [-0.2, 0) is 0 Å². The minimum Gasteiger partial charge on any atom is -0.399 e. The Labute approximate surface area is 130 Å². The molecule has 0 aliphatic carbocycles. The maximum absolute atomic E-state index is 11.9. The molecule has 0 atom stereocenters. The Bertz CT molecular complexity index is 644. The molecule has 0 aliphatic heterocycles. The number of carbonyl (C=O) groups excluding carboxylic acids is 1. The summed E-state index contributed by atoms with van der Waals surface area (Å²) in [7, 11) is 0. The zero-order chi connectivity index (χ0) is 14.7. The van der Waals surface area contributed by atoms with Crippen LogP contribution in [0.3, 0.4) is 0 Å². The molecule has 0 fully saturated rings. The van der Waals surface area contributed by atoms with E-state index in [-0.39, 0.29) is 6.03 Å². The van der Waals surface area contributed by atoms with Gasteiger partial charge in [-0.2, -0.15) is 0 Å². The normalized spacial score (nSPS) is 10.2. The Morgan fingerprint density at radius 2 is 1.85 bits per heavy atom.